The van der Waals surface area contributed by atoms with Gasteiger partial charge in [0.15, 0.2) is 0 Å². The van der Waals surface area contributed by atoms with Gasteiger partial charge in [-0.05, 0) is 74.1 Å². The lowest BCUT2D eigenvalue weighted by atomic mass is 9.74. The Kier molecular flexibility index (Phi) is 9.37. The van der Waals surface area contributed by atoms with Gasteiger partial charge in [-0.15, -0.1) is 0 Å². The number of hydrogen-bond donors (Lipinski definition) is 1. The fourth-order valence-electron chi connectivity index (χ4n) is 7.10. The molecular formula is C34H43F2N3O4. The highest BCUT2D eigenvalue weighted by atomic mass is 19.3. The standard InChI is InChI=1S/C34H43F2N3O4/c1-38-32(42)39(23-25-11-13-28(43-2)14-12-25)31(41)33(38)19-15-24(16-20-33)7-6-10-29(26-8-4-3-5-9-26)37-30(40)27-17-21-34(35,36)22-18-27/h3-5,8-9,11-14,24,27,29H,6-7,10,15-23H2,1-2H3,(H,37,40)/t24?,29-,33?/m0/s1. The molecule has 0 unspecified atom stereocenters. The SMILES string of the molecule is COc1ccc(CN2C(=O)N(C)C3(CCC(CCC[C@H](NC(=O)C4CCC(F)(F)CC4)c4ccccc4)CC3)C2=O)cc1. The van der Waals surface area contributed by atoms with Crippen LogP contribution in [-0.2, 0) is 16.1 Å². The van der Waals surface area contributed by atoms with Crippen molar-refractivity contribution in [3.05, 3.63) is 65.7 Å². The average Bonchev–Trinajstić information content (AvgIpc) is 3.18. The number of imide groups is 1. The first kappa shape index (κ1) is 31.0. The Morgan fingerprint density at radius 1 is 0.977 bits per heavy atom. The average molecular weight is 596 g/mol. The van der Waals surface area contributed by atoms with Gasteiger partial charge < -0.3 is 15.0 Å². The summed E-state index contributed by atoms with van der Waals surface area (Å²) in [5.41, 5.74) is 1.12. The number of amides is 4. The number of benzene rings is 2. The first-order valence-corrected chi connectivity index (χ1v) is 15.6. The molecule has 9 heteroatoms. The number of methoxy groups -OCH3 is 1. The third kappa shape index (κ3) is 6.86. The zero-order valence-corrected chi connectivity index (χ0v) is 25.2. The third-order valence-corrected chi connectivity index (χ3v) is 9.95. The van der Waals surface area contributed by atoms with Crippen LogP contribution in [0.25, 0.3) is 0 Å². The Morgan fingerprint density at radius 2 is 1.63 bits per heavy atom. The number of rotatable bonds is 10. The van der Waals surface area contributed by atoms with E-state index in [0.29, 0.717) is 18.8 Å². The van der Waals surface area contributed by atoms with Crippen molar-refractivity contribution in [2.24, 2.45) is 11.8 Å². The molecule has 2 aliphatic carbocycles. The van der Waals surface area contributed by atoms with Crippen LogP contribution in [0.4, 0.5) is 13.6 Å². The fraction of sp³-hybridized carbons (Fsp3) is 0.559. The van der Waals surface area contributed by atoms with Gasteiger partial charge in [0.05, 0.1) is 19.7 Å². The molecule has 1 aliphatic heterocycles. The molecule has 1 heterocycles. The van der Waals surface area contributed by atoms with Gasteiger partial charge in [0.25, 0.3) is 5.91 Å². The Hall–Kier alpha value is -3.49. The van der Waals surface area contributed by atoms with Crippen LogP contribution in [0.3, 0.4) is 0 Å². The Labute approximate surface area is 252 Å². The minimum absolute atomic E-state index is 0.110. The predicted octanol–water partition coefficient (Wildman–Crippen LogP) is 6.87. The van der Waals surface area contributed by atoms with E-state index in [1.54, 1.807) is 19.1 Å². The number of urea groups is 1. The van der Waals surface area contributed by atoms with E-state index in [2.05, 4.69) is 5.32 Å². The van der Waals surface area contributed by atoms with Gasteiger partial charge in [-0.2, -0.15) is 0 Å². The lowest BCUT2D eigenvalue weighted by molar-refractivity contribution is -0.135. The molecule has 1 atom stereocenters. The van der Waals surface area contributed by atoms with Gasteiger partial charge in [-0.1, -0.05) is 55.3 Å². The summed E-state index contributed by atoms with van der Waals surface area (Å²) < 4.78 is 32.5. The van der Waals surface area contributed by atoms with Crippen molar-refractivity contribution in [2.75, 3.05) is 14.2 Å². The van der Waals surface area contributed by atoms with Crippen molar-refractivity contribution in [3.63, 3.8) is 0 Å². The number of nitrogens with zero attached hydrogens (tertiary/aromatic N) is 2. The summed E-state index contributed by atoms with van der Waals surface area (Å²) in [4.78, 5) is 42.8. The lowest BCUT2D eigenvalue weighted by Crippen LogP contribution is -2.50. The summed E-state index contributed by atoms with van der Waals surface area (Å²) in [5, 5.41) is 3.17. The molecule has 2 aromatic rings. The zero-order chi connectivity index (χ0) is 30.6. The Bertz CT molecular complexity index is 1270. The van der Waals surface area contributed by atoms with Crippen LogP contribution in [0.1, 0.15) is 87.8 Å². The Balaban J connectivity index is 1.14. The van der Waals surface area contributed by atoms with Crippen molar-refractivity contribution in [1.29, 1.82) is 0 Å². The molecule has 2 saturated carbocycles. The van der Waals surface area contributed by atoms with Crippen molar-refractivity contribution < 1.29 is 27.9 Å². The quantitative estimate of drug-likeness (QED) is 0.304. The highest BCUT2D eigenvalue weighted by Gasteiger charge is 2.56. The number of alkyl halides is 2. The van der Waals surface area contributed by atoms with Crippen molar-refractivity contribution in [1.82, 2.24) is 15.1 Å². The highest BCUT2D eigenvalue weighted by Crippen LogP contribution is 2.43. The fourth-order valence-corrected chi connectivity index (χ4v) is 7.10. The molecule has 3 fully saturated rings. The summed E-state index contributed by atoms with van der Waals surface area (Å²) in [6.07, 6.45) is 5.60. The molecule has 2 aromatic carbocycles. The minimum Gasteiger partial charge on any atom is -0.497 e. The molecule has 43 heavy (non-hydrogen) atoms. The molecule has 232 valence electrons. The molecule has 1 saturated heterocycles. The van der Waals surface area contributed by atoms with Crippen LogP contribution in [0.15, 0.2) is 54.6 Å². The van der Waals surface area contributed by atoms with E-state index >= 15 is 0 Å². The van der Waals surface area contributed by atoms with Crippen LogP contribution in [-0.4, -0.2) is 53.3 Å². The smallest absolute Gasteiger partial charge is 0.327 e. The van der Waals surface area contributed by atoms with Gasteiger partial charge in [0, 0.05) is 25.8 Å². The number of likely N-dealkylation sites (N-methyl/N-ethyl adjacent to an activating group) is 1. The van der Waals surface area contributed by atoms with Gasteiger partial charge in [0.1, 0.15) is 11.3 Å². The van der Waals surface area contributed by atoms with Crippen LogP contribution in [0, 0.1) is 11.8 Å². The van der Waals surface area contributed by atoms with Crippen LogP contribution >= 0.6 is 0 Å². The van der Waals surface area contributed by atoms with Crippen molar-refractivity contribution in [2.45, 2.75) is 94.7 Å². The molecule has 1 spiro atoms. The first-order chi connectivity index (χ1) is 20.6. The van der Waals surface area contributed by atoms with Gasteiger partial charge in [-0.25, -0.2) is 13.6 Å². The van der Waals surface area contributed by atoms with E-state index in [0.717, 1.165) is 49.0 Å². The van der Waals surface area contributed by atoms with Gasteiger partial charge in [0.2, 0.25) is 11.8 Å². The number of ether oxygens (including phenoxy) is 1. The maximum absolute atomic E-state index is 13.6. The maximum Gasteiger partial charge on any atom is 0.327 e. The van der Waals surface area contributed by atoms with E-state index < -0.39 is 11.5 Å². The number of nitrogens with one attached hydrogen (secondary N) is 1. The number of hydrogen-bond acceptors (Lipinski definition) is 4. The van der Waals surface area contributed by atoms with Crippen LogP contribution in [0.5, 0.6) is 5.75 Å². The first-order valence-electron chi connectivity index (χ1n) is 15.6. The highest BCUT2D eigenvalue weighted by molar-refractivity contribution is 6.06. The molecule has 4 amide bonds. The number of halogens is 2. The van der Waals surface area contributed by atoms with E-state index in [1.807, 2.05) is 54.6 Å². The summed E-state index contributed by atoms with van der Waals surface area (Å²) in [6.45, 7) is 0.243. The lowest BCUT2D eigenvalue weighted by Gasteiger charge is -2.39. The Morgan fingerprint density at radius 3 is 2.26 bits per heavy atom. The largest absolute Gasteiger partial charge is 0.497 e. The molecule has 0 radical (unpaired) electrons. The second kappa shape index (κ2) is 13.0. The summed E-state index contributed by atoms with van der Waals surface area (Å²) in [5.74, 6) is -2.10. The van der Waals surface area contributed by atoms with Gasteiger partial charge >= 0.3 is 6.03 Å². The molecule has 1 N–H and O–H groups in total. The number of carbonyl (C=O) groups excluding carboxylic acids is 3. The topological polar surface area (TPSA) is 79.0 Å². The zero-order valence-electron chi connectivity index (χ0n) is 25.2. The van der Waals surface area contributed by atoms with Crippen LogP contribution in [0.2, 0.25) is 0 Å². The molecule has 0 aromatic heterocycles. The molecular weight excluding hydrogens is 552 g/mol. The number of carbonyl (C=O) groups is 3. The van der Waals surface area contributed by atoms with Gasteiger partial charge in [-0.3, -0.25) is 14.5 Å². The normalized spacial score (nSPS) is 21.3. The minimum atomic E-state index is -2.66. The van der Waals surface area contributed by atoms with E-state index in [1.165, 1.54) is 4.90 Å². The monoisotopic (exact) mass is 595 g/mol. The van der Waals surface area contributed by atoms with Crippen LogP contribution < -0.4 is 10.1 Å². The van der Waals surface area contributed by atoms with Crippen molar-refractivity contribution in [3.8, 4) is 5.75 Å². The van der Waals surface area contributed by atoms with E-state index in [-0.39, 0.29) is 62.0 Å². The summed E-state index contributed by atoms with van der Waals surface area (Å²) in [6, 6.07) is 16.8. The van der Waals surface area contributed by atoms with E-state index in [9.17, 15) is 23.2 Å². The molecule has 7 nitrogen and oxygen atoms in total. The summed E-state index contributed by atoms with van der Waals surface area (Å²) >= 11 is 0. The van der Waals surface area contributed by atoms with E-state index in [4.69, 9.17) is 4.74 Å². The molecule has 3 aliphatic rings. The predicted molar refractivity (Wildman–Crippen MR) is 159 cm³/mol. The maximum atomic E-state index is 13.6. The van der Waals surface area contributed by atoms with Crippen molar-refractivity contribution >= 4 is 17.8 Å². The second-order valence-electron chi connectivity index (χ2n) is 12.6. The molecule has 5 rings (SSSR count). The third-order valence-electron chi connectivity index (χ3n) is 9.95. The molecule has 0 bridgehead atoms. The second-order valence-corrected chi connectivity index (χ2v) is 12.6. The summed E-state index contributed by atoms with van der Waals surface area (Å²) in [7, 11) is 3.35.